The summed E-state index contributed by atoms with van der Waals surface area (Å²) in [6, 6.07) is 7.56. The van der Waals surface area contributed by atoms with Gasteiger partial charge in [0.15, 0.2) is 5.16 Å². The minimum Gasteiger partial charge on any atom is -0.353 e. The predicted molar refractivity (Wildman–Crippen MR) is 113 cm³/mol. The van der Waals surface area contributed by atoms with Crippen LogP contribution in [-0.2, 0) is 4.79 Å². The number of fused-ring (bicyclic) bond motifs is 1. The second-order valence-electron chi connectivity index (χ2n) is 7.77. The first-order chi connectivity index (χ1) is 12.8. The van der Waals surface area contributed by atoms with Crippen LogP contribution >= 0.6 is 11.8 Å². The topological polar surface area (TPSA) is 64.0 Å². The third-order valence-corrected chi connectivity index (χ3v) is 5.35. The molecule has 0 spiro atoms. The first-order valence-electron chi connectivity index (χ1n) is 9.73. The van der Waals surface area contributed by atoms with Gasteiger partial charge < -0.3 is 5.32 Å². The van der Waals surface area contributed by atoms with Crippen LogP contribution in [0.15, 0.2) is 34.2 Å². The maximum absolute atomic E-state index is 13.1. The van der Waals surface area contributed by atoms with Crippen LogP contribution in [0.1, 0.15) is 59.9 Å². The Kier molecular flexibility index (Phi) is 7.90. The second-order valence-corrected chi connectivity index (χ2v) is 8.71. The van der Waals surface area contributed by atoms with Crippen LogP contribution in [-0.4, -0.2) is 27.3 Å². The number of rotatable bonds is 9. The summed E-state index contributed by atoms with van der Waals surface area (Å²) in [6.45, 7) is 10.4. The number of carbonyl (C=O) groups is 1. The van der Waals surface area contributed by atoms with E-state index >= 15 is 0 Å². The smallest absolute Gasteiger partial charge is 0.262 e. The number of nitrogens with one attached hydrogen (secondary N) is 1. The summed E-state index contributed by atoms with van der Waals surface area (Å²) in [7, 11) is 0. The zero-order chi connectivity index (χ0) is 20.0. The monoisotopic (exact) mass is 389 g/mol. The lowest BCUT2D eigenvalue weighted by molar-refractivity contribution is -0.119. The minimum atomic E-state index is -0.0450. The van der Waals surface area contributed by atoms with Crippen molar-refractivity contribution < 1.29 is 4.79 Å². The van der Waals surface area contributed by atoms with E-state index in [0.717, 1.165) is 19.3 Å². The third-order valence-electron chi connectivity index (χ3n) is 4.40. The van der Waals surface area contributed by atoms with E-state index in [-0.39, 0.29) is 29.3 Å². The number of amides is 1. The van der Waals surface area contributed by atoms with Crippen molar-refractivity contribution in [1.82, 2.24) is 14.9 Å². The maximum atomic E-state index is 13.1. The quantitative estimate of drug-likeness (QED) is 0.510. The molecule has 0 aliphatic rings. The van der Waals surface area contributed by atoms with Gasteiger partial charge in [-0.2, -0.15) is 0 Å². The van der Waals surface area contributed by atoms with Gasteiger partial charge in [-0.15, -0.1) is 0 Å². The number of nitrogens with zero attached hydrogens (tertiary/aromatic N) is 2. The highest BCUT2D eigenvalue weighted by Crippen LogP contribution is 2.24. The van der Waals surface area contributed by atoms with E-state index in [1.54, 1.807) is 4.57 Å². The number of thioether (sulfide) groups is 1. The zero-order valence-corrected chi connectivity index (χ0v) is 17.8. The van der Waals surface area contributed by atoms with Gasteiger partial charge in [0.05, 0.1) is 16.7 Å². The summed E-state index contributed by atoms with van der Waals surface area (Å²) in [5, 5.41) is 4.13. The molecule has 0 unspecified atom stereocenters. The number of benzene rings is 1. The Morgan fingerprint density at radius 3 is 2.52 bits per heavy atom. The Morgan fingerprint density at radius 2 is 1.85 bits per heavy atom. The summed E-state index contributed by atoms with van der Waals surface area (Å²) >= 11 is 1.33. The molecule has 5 nitrogen and oxygen atoms in total. The first kappa shape index (κ1) is 21.5. The normalized spacial score (nSPS) is 12.7. The van der Waals surface area contributed by atoms with Gasteiger partial charge in [0.2, 0.25) is 5.91 Å². The van der Waals surface area contributed by atoms with Gasteiger partial charge in [-0.25, -0.2) is 4.98 Å². The van der Waals surface area contributed by atoms with Crippen LogP contribution in [0.5, 0.6) is 0 Å². The Hall–Kier alpha value is -1.82. The van der Waals surface area contributed by atoms with Crippen molar-refractivity contribution in [2.45, 2.75) is 71.1 Å². The van der Waals surface area contributed by atoms with Crippen LogP contribution in [0.25, 0.3) is 10.9 Å². The second kappa shape index (κ2) is 9.93. The number of hydrogen-bond acceptors (Lipinski definition) is 4. The Balaban J connectivity index is 2.31. The van der Waals surface area contributed by atoms with E-state index in [1.165, 1.54) is 11.8 Å². The first-order valence-corrected chi connectivity index (χ1v) is 10.7. The molecule has 0 bridgehead atoms. The lowest BCUT2D eigenvalue weighted by Crippen LogP contribution is -2.32. The fourth-order valence-corrected chi connectivity index (χ4v) is 3.97. The number of aromatic nitrogens is 2. The van der Waals surface area contributed by atoms with E-state index in [2.05, 4.69) is 26.1 Å². The molecule has 0 radical (unpaired) electrons. The van der Waals surface area contributed by atoms with Crippen molar-refractivity contribution in [2.75, 3.05) is 5.75 Å². The molecule has 1 aromatic carbocycles. The van der Waals surface area contributed by atoms with Gasteiger partial charge in [-0.1, -0.05) is 50.6 Å². The van der Waals surface area contributed by atoms with Crippen molar-refractivity contribution in [1.29, 1.82) is 0 Å². The van der Waals surface area contributed by atoms with Gasteiger partial charge in [0, 0.05) is 12.1 Å². The molecule has 1 atom stereocenters. The molecular weight excluding hydrogens is 358 g/mol. The van der Waals surface area contributed by atoms with Crippen molar-refractivity contribution in [3.05, 3.63) is 34.6 Å². The highest BCUT2D eigenvalue weighted by Gasteiger charge is 2.17. The standard InChI is InChI=1S/C21H31N3O2S/c1-14(2)9-8-10-16(5)24-20(26)17-11-6-7-12-18(17)23-21(24)27-13-19(25)22-15(3)4/h6-7,11-12,14-16H,8-10,13H2,1-5H3,(H,22,25)/t16-/m1/s1. The number of para-hydroxylation sites is 1. The van der Waals surface area contributed by atoms with Gasteiger partial charge in [-0.3, -0.25) is 14.2 Å². The molecule has 0 saturated carbocycles. The van der Waals surface area contributed by atoms with Crippen molar-refractivity contribution >= 4 is 28.6 Å². The summed E-state index contributed by atoms with van der Waals surface area (Å²) in [6.07, 6.45) is 3.12. The van der Waals surface area contributed by atoms with E-state index in [9.17, 15) is 9.59 Å². The highest BCUT2D eigenvalue weighted by atomic mass is 32.2. The molecule has 148 valence electrons. The SMILES string of the molecule is CC(C)CCC[C@@H](C)n1c(SCC(=O)NC(C)C)nc2ccccc2c1=O. The van der Waals surface area contributed by atoms with Gasteiger partial charge in [-0.05, 0) is 45.2 Å². The van der Waals surface area contributed by atoms with E-state index in [4.69, 9.17) is 4.98 Å². The average molecular weight is 390 g/mol. The lowest BCUT2D eigenvalue weighted by atomic mass is 10.0. The molecular formula is C21H31N3O2S. The Bertz CT molecular complexity index is 830. The zero-order valence-electron chi connectivity index (χ0n) is 17.0. The lowest BCUT2D eigenvalue weighted by Gasteiger charge is -2.20. The largest absolute Gasteiger partial charge is 0.353 e. The molecule has 1 aromatic heterocycles. The van der Waals surface area contributed by atoms with E-state index in [1.807, 2.05) is 38.1 Å². The van der Waals surface area contributed by atoms with Gasteiger partial charge >= 0.3 is 0 Å². The van der Waals surface area contributed by atoms with Crippen molar-refractivity contribution in [3.63, 3.8) is 0 Å². The van der Waals surface area contributed by atoms with E-state index in [0.29, 0.717) is 22.0 Å². The molecule has 1 amide bonds. The third kappa shape index (κ3) is 6.09. The van der Waals surface area contributed by atoms with Crippen LogP contribution in [0.2, 0.25) is 0 Å². The maximum Gasteiger partial charge on any atom is 0.262 e. The molecule has 0 fully saturated rings. The molecule has 1 heterocycles. The molecule has 0 aliphatic heterocycles. The molecule has 0 aliphatic carbocycles. The van der Waals surface area contributed by atoms with Gasteiger partial charge in [0.25, 0.3) is 5.56 Å². The molecule has 0 saturated heterocycles. The fraction of sp³-hybridized carbons (Fsp3) is 0.571. The summed E-state index contributed by atoms with van der Waals surface area (Å²) in [4.78, 5) is 29.9. The van der Waals surface area contributed by atoms with Crippen LogP contribution < -0.4 is 10.9 Å². The van der Waals surface area contributed by atoms with Crippen LogP contribution in [0.4, 0.5) is 0 Å². The predicted octanol–water partition coefficient (Wildman–Crippen LogP) is 4.40. The van der Waals surface area contributed by atoms with Crippen molar-refractivity contribution in [3.8, 4) is 0 Å². The fourth-order valence-electron chi connectivity index (χ4n) is 3.06. The molecule has 27 heavy (non-hydrogen) atoms. The number of hydrogen-bond donors (Lipinski definition) is 1. The highest BCUT2D eigenvalue weighted by molar-refractivity contribution is 7.99. The van der Waals surface area contributed by atoms with Gasteiger partial charge in [0.1, 0.15) is 0 Å². The molecule has 1 N–H and O–H groups in total. The summed E-state index contributed by atoms with van der Waals surface area (Å²) in [5.41, 5.74) is 0.657. The minimum absolute atomic E-state index is 0.0237. The average Bonchev–Trinajstić information content (AvgIpc) is 2.59. The summed E-state index contributed by atoms with van der Waals surface area (Å²) < 4.78 is 1.77. The van der Waals surface area contributed by atoms with Crippen LogP contribution in [0.3, 0.4) is 0 Å². The Morgan fingerprint density at radius 1 is 1.15 bits per heavy atom. The molecule has 6 heteroatoms. The molecule has 2 rings (SSSR count). The van der Waals surface area contributed by atoms with E-state index < -0.39 is 0 Å². The molecule has 2 aromatic rings. The van der Waals surface area contributed by atoms with Crippen LogP contribution in [0, 0.1) is 5.92 Å². The Labute approximate surface area is 166 Å². The van der Waals surface area contributed by atoms with Crippen molar-refractivity contribution in [2.24, 2.45) is 5.92 Å². The summed E-state index contributed by atoms with van der Waals surface area (Å²) in [5.74, 6) is 0.857. The number of carbonyl (C=O) groups excluding carboxylic acids is 1.